The van der Waals surface area contributed by atoms with Crippen LogP contribution in [0.15, 0.2) is 42.5 Å². The highest BCUT2D eigenvalue weighted by molar-refractivity contribution is 5.79. The Labute approximate surface area is 132 Å². The molecule has 0 saturated heterocycles. The molecule has 0 fully saturated rings. The quantitative estimate of drug-likeness (QED) is 0.518. The van der Waals surface area contributed by atoms with Crippen LogP contribution in [0.5, 0.6) is 11.5 Å². The van der Waals surface area contributed by atoms with Crippen LogP contribution in [0.4, 0.5) is 11.4 Å². The molecule has 0 spiro atoms. The third-order valence-electron chi connectivity index (χ3n) is 3.44. The molecule has 1 atom stereocenters. The summed E-state index contributed by atoms with van der Waals surface area (Å²) in [7, 11) is 0. The van der Waals surface area contributed by atoms with E-state index in [0.29, 0.717) is 36.6 Å². The Morgan fingerprint density at radius 1 is 1.26 bits per heavy atom. The number of anilines is 1. The topological polar surface area (TPSA) is 90.7 Å². The second-order valence-corrected chi connectivity index (χ2v) is 5.03. The molecule has 3 rings (SSSR count). The number of carbonyl (C=O) groups is 1. The van der Waals surface area contributed by atoms with E-state index in [9.17, 15) is 14.9 Å². The summed E-state index contributed by atoms with van der Waals surface area (Å²) in [6, 6.07) is 11.6. The zero-order valence-electron chi connectivity index (χ0n) is 12.1. The number of nitro groups is 1. The van der Waals surface area contributed by atoms with Gasteiger partial charge in [-0.15, -0.1) is 0 Å². The predicted octanol–water partition coefficient (Wildman–Crippen LogP) is 2.66. The number of hydrogen-bond acceptors (Lipinski definition) is 6. The maximum atomic E-state index is 11.1. The van der Waals surface area contributed by atoms with E-state index in [1.807, 2.05) is 24.3 Å². The van der Waals surface area contributed by atoms with Crippen molar-refractivity contribution in [2.45, 2.75) is 6.10 Å². The molecular weight excluding hydrogens is 300 g/mol. The van der Waals surface area contributed by atoms with Crippen LogP contribution in [0, 0.1) is 10.1 Å². The van der Waals surface area contributed by atoms with Gasteiger partial charge in [0, 0.05) is 11.6 Å². The van der Waals surface area contributed by atoms with Crippen molar-refractivity contribution in [3.63, 3.8) is 0 Å². The van der Waals surface area contributed by atoms with E-state index in [0.717, 1.165) is 0 Å². The molecule has 0 bridgehead atoms. The number of fused-ring (bicyclic) bond motifs is 1. The van der Waals surface area contributed by atoms with E-state index < -0.39 is 4.92 Å². The number of benzene rings is 2. The summed E-state index contributed by atoms with van der Waals surface area (Å²) in [5.74, 6) is 1.33. The highest BCUT2D eigenvalue weighted by Crippen LogP contribution is 2.31. The van der Waals surface area contributed by atoms with Gasteiger partial charge in [-0.05, 0) is 24.3 Å². The largest absolute Gasteiger partial charge is 0.486 e. The van der Waals surface area contributed by atoms with Crippen molar-refractivity contribution < 1.29 is 19.2 Å². The van der Waals surface area contributed by atoms with Gasteiger partial charge in [0.15, 0.2) is 11.5 Å². The van der Waals surface area contributed by atoms with Gasteiger partial charge in [-0.2, -0.15) is 0 Å². The highest BCUT2D eigenvalue weighted by Gasteiger charge is 2.22. The molecule has 1 aliphatic rings. The zero-order valence-corrected chi connectivity index (χ0v) is 12.1. The van der Waals surface area contributed by atoms with E-state index >= 15 is 0 Å². The standard InChI is InChI=1S/C16H14N2O5/c19-9-11-5-6-13(14(7-11)18(20)21)17-8-12-10-22-15-3-1-2-4-16(15)23-12/h1-7,9,12,17H,8,10H2/t12-/m1/s1. The first kappa shape index (κ1) is 14.8. The molecule has 7 nitrogen and oxygen atoms in total. The zero-order chi connectivity index (χ0) is 16.2. The normalized spacial score (nSPS) is 15.7. The molecule has 118 valence electrons. The first-order chi connectivity index (χ1) is 11.2. The van der Waals surface area contributed by atoms with E-state index in [1.165, 1.54) is 18.2 Å². The molecule has 1 aliphatic heterocycles. The summed E-state index contributed by atoms with van der Waals surface area (Å²) in [5, 5.41) is 14.1. The number of para-hydroxylation sites is 2. The van der Waals surface area contributed by atoms with E-state index in [4.69, 9.17) is 9.47 Å². The Morgan fingerprint density at radius 2 is 2.04 bits per heavy atom. The van der Waals surface area contributed by atoms with Crippen molar-refractivity contribution in [3.8, 4) is 11.5 Å². The summed E-state index contributed by atoms with van der Waals surface area (Å²) in [5.41, 5.74) is 0.447. The third kappa shape index (κ3) is 3.23. The third-order valence-corrected chi connectivity index (χ3v) is 3.44. The molecule has 1 N–H and O–H groups in total. The second kappa shape index (κ2) is 6.35. The number of nitrogens with one attached hydrogen (secondary N) is 1. The number of aldehydes is 1. The van der Waals surface area contributed by atoms with Gasteiger partial charge in [-0.1, -0.05) is 12.1 Å². The average molecular weight is 314 g/mol. The molecule has 7 heteroatoms. The van der Waals surface area contributed by atoms with Crippen LogP contribution >= 0.6 is 0 Å². The Kier molecular flexibility index (Phi) is 4.09. The van der Waals surface area contributed by atoms with Crippen molar-refractivity contribution in [3.05, 3.63) is 58.1 Å². The van der Waals surface area contributed by atoms with Gasteiger partial charge < -0.3 is 14.8 Å². The van der Waals surface area contributed by atoms with Crippen molar-refractivity contribution in [1.29, 1.82) is 0 Å². The molecule has 0 amide bonds. The summed E-state index contributed by atoms with van der Waals surface area (Å²) in [6.07, 6.45) is 0.307. The van der Waals surface area contributed by atoms with Crippen molar-refractivity contribution in [2.75, 3.05) is 18.5 Å². The van der Waals surface area contributed by atoms with Gasteiger partial charge in [0.2, 0.25) is 0 Å². The van der Waals surface area contributed by atoms with Gasteiger partial charge in [0.25, 0.3) is 5.69 Å². The van der Waals surface area contributed by atoms with Gasteiger partial charge in [0.1, 0.15) is 24.7 Å². The minimum atomic E-state index is -0.525. The molecule has 1 heterocycles. The molecule has 0 unspecified atom stereocenters. The average Bonchev–Trinajstić information content (AvgIpc) is 2.59. The Balaban J connectivity index is 1.70. The summed E-state index contributed by atoms with van der Waals surface area (Å²) in [4.78, 5) is 21.3. The van der Waals surface area contributed by atoms with Crippen molar-refractivity contribution in [2.24, 2.45) is 0 Å². The number of rotatable bonds is 5. The Bertz CT molecular complexity index is 747. The molecule has 0 aromatic heterocycles. The summed E-state index contributed by atoms with van der Waals surface area (Å²) >= 11 is 0. The van der Waals surface area contributed by atoms with Gasteiger partial charge in [-0.3, -0.25) is 14.9 Å². The monoisotopic (exact) mass is 314 g/mol. The van der Waals surface area contributed by atoms with Crippen LogP contribution in [-0.2, 0) is 0 Å². The Morgan fingerprint density at radius 3 is 2.78 bits per heavy atom. The molecular formula is C16H14N2O5. The van der Waals surface area contributed by atoms with Crippen LogP contribution in [0.25, 0.3) is 0 Å². The lowest BCUT2D eigenvalue weighted by Gasteiger charge is -2.26. The number of hydrogen-bond donors (Lipinski definition) is 1. The molecule has 0 saturated carbocycles. The molecule has 2 aromatic rings. The lowest BCUT2D eigenvalue weighted by atomic mass is 10.2. The second-order valence-electron chi connectivity index (χ2n) is 5.03. The van der Waals surface area contributed by atoms with E-state index in [-0.39, 0.29) is 17.4 Å². The van der Waals surface area contributed by atoms with Crippen LogP contribution in [0.3, 0.4) is 0 Å². The summed E-state index contributed by atoms with van der Waals surface area (Å²) in [6.45, 7) is 0.694. The lowest BCUT2D eigenvalue weighted by molar-refractivity contribution is -0.384. The highest BCUT2D eigenvalue weighted by atomic mass is 16.6. The van der Waals surface area contributed by atoms with E-state index in [1.54, 1.807) is 0 Å². The predicted molar refractivity (Wildman–Crippen MR) is 83.3 cm³/mol. The lowest BCUT2D eigenvalue weighted by Crippen LogP contribution is -2.35. The molecule has 2 aromatic carbocycles. The minimum absolute atomic E-state index is 0.147. The number of ether oxygens (including phenoxy) is 2. The van der Waals surface area contributed by atoms with Crippen molar-refractivity contribution >= 4 is 17.7 Å². The Hall–Kier alpha value is -3.09. The summed E-state index contributed by atoms with van der Waals surface area (Å²) < 4.78 is 11.4. The van der Waals surface area contributed by atoms with Crippen LogP contribution in [-0.4, -0.2) is 30.5 Å². The molecule has 0 radical (unpaired) electrons. The first-order valence-corrected chi connectivity index (χ1v) is 7.03. The minimum Gasteiger partial charge on any atom is -0.486 e. The fourth-order valence-corrected chi connectivity index (χ4v) is 2.31. The number of nitrogens with zero attached hydrogens (tertiary/aromatic N) is 1. The first-order valence-electron chi connectivity index (χ1n) is 7.03. The fraction of sp³-hybridized carbons (Fsp3) is 0.188. The van der Waals surface area contributed by atoms with Gasteiger partial charge >= 0.3 is 0 Å². The number of nitro benzene ring substituents is 1. The maximum Gasteiger partial charge on any atom is 0.293 e. The SMILES string of the molecule is O=Cc1ccc(NC[C@@H]2COc3ccccc3O2)c([N+](=O)[O-])c1. The maximum absolute atomic E-state index is 11.1. The molecule has 23 heavy (non-hydrogen) atoms. The smallest absolute Gasteiger partial charge is 0.293 e. The van der Waals surface area contributed by atoms with Crippen molar-refractivity contribution in [1.82, 2.24) is 0 Å². The van der Waals surface area contributed by atoms with Crippen LogP contribution in [0.1, 0.15) is 10.4 Å². The number of carbonyl (C=O) groups excluding carboxylic acids is 1. The van der Waals surface area contributed by atoms with Crippen LogP contribution in [0.2, 0.25) is 0 Å². The van der Waals surface area contributed by atoms with Gasteiger partial charge in [0.05, 0.1) is 11.5 Å². The van der Waals surface area contributed by atoms with Crippen LogP contribution < -0.4 is 14.8 Å². The molecule has 0 aliphatic carbocycles. The van der Waals surface area contributed by atoms with Gasteiger partial charge in [-0.25, -0.2) is 0 Å². The van der Waals surface area contributed by atoms with E-state index in [2.05, 4.69) is 5.32 Å². The fourth-order valence-electron chi connectivity index (χ4n) is 2.31.